The van der Waals surface area contributed by atoms with Crippen molar-refractivity contribution in [2.45, 2.75) is 6.54 Å². The number of thiazole rings is 1. The Morgan fingerprint density at radius 1 is 1.11 bits per heavy atom. The van der Waals surface area contributed by atoms with Crippen LogP contribution in [0.1, 0.15) is 5.69 Å². The summed E-state index contributed by atoms with van der Waals surface area (Å²) >= 11 is 1.72. The molecule has 0 bridgehead atoms. The van der Waals surface area contributed by atoms with Gasteiger partial charge in [0.2, 0.25) is 0 Å². The molecule has 0 aliphatic carbocycles. The Morgan fingerprint density at radius 2 is 1.84 bits per heavy atom. The zero-order chi connectivity index (χ0) is 13.1. The van der Waals surface area contributed by atoms with E-state index < -0.39 is 0 Å². The summed E-state index contributed by atoms with van der Waals surface area (Å²) in [7, 11) is 0. The minimum atomic E-state index is 0.928. The standard InChI is InChI=1S/C14H18N4S/c15-18-8-6-17(7-9-18)10-13-11-19-14(16-13)12-4-2-1-3-5-12/h1-5,11H,6-10,15H2. The van der Waals surface area contributed by atoms with Gasteiger partial charge in [-0.3, -0.25) is 10.7 Å². The first-order valence-corrected chi connectivity index (χ1v) is 7.41. The van der Waals surface area contributed by atoms with Gasteiger partial charge in [-0.2, -0.15) is 0 Å². The summed E-state index contributed by atoms with van der Waals surface area (Å²) in [5.74, 6) is 5.76. The topological polar surface area (TPSA) is 45.4 Å². The van der Waals surface area contributed by atoms with Crippen LogP contribution >= 0.6 is 11.3 Å². The Kier molecular flexibility index (Phi) is 3.89. The molecule has 1 aromatic carbocycles. The normalized spacial score (nSPS) is 17.7. The zero-order valence-corrected chi connectivity index (χ0v) is 11.6. The molecule has 100 valence electrons. The van der Waals surface area contributed by atoms with Gasteiger partial charge >= 0.3 is 0 Å². The van der Waals surface area contributed by atoms with Crippen molar-refractivity contribution in [3.8, 4) is 10.6 Å². The molecular weight excluding hydrogens is 256 g/mol. The third kappa shape index (κ3) is 3.19. The largest absolute Gasteiger partial charge is 0.295 e. The van der Waals surface area contributed by atoms with Crippen LogP contribution in [0.5, 0.6) is 0 Å². The number of hydrogen-bond acceptors (Lipinski definition) is 5. The highest BCUT2D eigenvalue weighted by molar-refractivity contribution is 7.13. The van der Waals surface area contributed by atoms with Crippen LogP contribution in [-0.2, 0) is 6.54 Å². The Hall–Kier alpha value is -1.27. The van der Waals surface area contributed by atoms with Crippen molar-refractivity contribution >= 4 is 11.3 Å². The minimum Gasteiger partial charge on any atom is -0.295 e. The summed E-state index contributed by atoms with van der Waals surface area (Å²) in [6, 6.07) is 10.4. The van der Waals surface area contributed by atoms with Crippen LogP contribution < -0.4 is 5.84 Å². The molecule has 0 amide bonds. The molecule has 2 N–H and O–H groups in total. The number of hydrazine groups is 1. The van der Waals surface area contributed by atoms with Crippen molar-refractivity contribution in [1.82, 2.24) is 14.9 Å². The first kappa shape index (κ1) is 12.7. The summed E-state index contributed by atoms with van der Waals surface area (Å²) in [6.07, 6.45) is 0. The van der Waals surface area contributed by atoms with Gasteiger partial charge in [0.1, 0.15) is 5.01 Å². The molecular formula is C14H18N4S. The summed E-state index contributed by atoms with van der Waals surface area (Å²) < 4.78 is 0. The number of nitrogens with two attached hydrogens (primary N) is 1. The highest BCUT2D eigenvalue weighted by atomic mass is 32.1. The number of benzene rings is 1. The molecule has 3 rings (SSSR count). The zero-order valence-electron chi connectivity index (χ0n) is 10.8. The second-order valence-electron chi connectivity index (χ2n) is 4.82. The van der Waals surface area contributed by atoms with Crippen molar-refractivity contribution in [3.63, 3.8) is 0 Å². The van der Waals surface area contributed by atoms with Gasteiger partial charge in [-0.25, -0.2) is 9.99 Å². The summed E-state index contributed by atoms with van der Waals surface area (Å²) in [6.45, 7) is 4.85. The second-order valence-corrected chi connectivity index (χ2v) is 5.68. The maximum Gasteiger partial charge on any atom is 0.123 e. The lowest BCUT2D eigenvalue weighted by Gasteiger charge is -2.31. The summed E-state index contributed by atoms with van der Waals surface area (Å²) in [5.41, 5.74) is 2.36. The number of piperazine rings is 1. The van der Waals surface area contributed by atoms with Crippen LogP contribution in [-0.4, -0.2) is 41.1 Å². The van der Waals surface area contributed by atoms with Gasteiger partial charge in [0.25, 0.3) is 0 Å². The van der Waals surface area contributed by atoms with Gasteiger partial charge < -0.3 is 0 Å². The van der Waals surface area contributed by atoms with Gasteiger partial charge in [0, 0.05) is 43.7 Å². The maximum atomic E-state index is 5.76. The average molecular weight is 274 g/mol. The van der Waals surface area contributed by atoms with E-state index in [1.54, 1.807) is 11.3 Å². The Bertz CT molecular complexity index is 517. The van der Waals surface area contributed by atoms with Gasteiger partial charge in [-0.15, -0.1) is 11.3 Å². The number of rotatable bonds is 3. The monoisotopic (exact) mass is 274 g/mol. The molecule has 1 aromatic heterocycles. The molecule has 0 spiro atoms. The fraction of sp³-hybridized carbons (Fsp3) is 0.357. The first-order chi connectivity index (χ1) is 9.31. The van der Waals surface area contributed by atoms with Gasteiger partial charge in [0.05, 0.1) is 5.69 Å². The fourth-order valence-electron chi connectivity index (χ4n) is 2.24. The predicted octanol–water partition coefficient (Wildman–Crippen LogP) is 1.80. The minimum absolute atomic E-state index is 0.928. The molecule has 1 fully saturated rings. The lowest BCUT2D eigenvalue weighted by Crippen LogP contribution is -2.48. The predicted molar refractivity (Wildman–Crippen MR) is 78.6 cm³/mol. The van der Waals surface area contributed by atoms with Crippen LogP contribution in [0.4, 0.5) is 0 Å². The first-order valence-electron chi connectivity index (χ1n) is 6.53. The Morgan fingerprint density at radius 3 is 2.58 bits per heavy atom. The summed E-state index contributed by atoms with van der Waals surface area (Å²) in [5, 5.41) is 5.15. The molecule has 2 heterocycles. The quantitative estimate of drug-likeness (QED) is 0.867. The third-order valence-corrected chi connectivity index (χ3v) is 4.31. The van der Waals surface area contributed by atoms with Crippen LogP contribution in [0.3, 0.4) is 0 Å². The van der Waals surface area contributed by atoms with Crippen molar-refractivity contribution in [1.29, 1.82) is 0 Å². The van der Waals surface area contributed by atoms with E-state index in [2.05, 4.69) is 34.5 Å². The smallest absolute Gasteiger partial charge is 0.123 e. The average Bonchev–Trinajstić information content (AvgIpc) is 2.91. The lowest BCUT2D eigenvalue weighted by molar-refractivity contribution is 0.127. The lowest BCUT2D eigenvalue weighted by atomic mass is 10.2. The van der Waals surface area contributed by atoms with E-state index in [1.807, 2.05) is 11.1 Å². The van der Waals surface area contributed by atoms with Crippen molar-refractivity contribution in [3.05, 3.63) is 41.4 Å². The van der Waals surface area contributed by atoms with Crippen LogP contribution in [0.15, 0.2) is 35.7 Å². The van der Waals surface area contributed by atoms with E-state index in [9.17, 15) is 0 Å². The molecule has 1 aliphatic rings. The molecule has 5 heteroatoms. The molecule has 0 unspecified atom stereocenters. The maximum absolute atomic E-state index is 5.76. The molecule has 4 nitrogen and oxygen atoms in total. The summed E-state index contributed by atoms with van der Waals surface area (Å²) in [4.78, 5) is 7.14. The Labute approximate surface area is 117 Å². The van der Waals surface area contributed by atoms with Gasteiger partial charge in [0.15, 0.2) is 0 Å². The molecule has 1 saturated heterocycles. The van der Waals surface area contributed by atoms with E-state index in [-0.39, 0.29) is 0 Å². The van der Waals surface area contributed by atoms with E-state index >= 15 is 0 Å². The van der Waals surface area contributed by atoms with E-state index in [0.717, 1.165) is 43.4 Å². The Balaban J connectivity index is 1.65. The van der Waals surface area contributed by atoms with Crippen LogP contribution in [0, 0.1) is 0 Å². The number of nitrogens with zero attached hydrogens (tertiary/aromatic N) is 3. The highest BCUT2D eigenvalue weighted by Gasteiger charge is 2.15. The van der Waals surface area contributed by atoms with Crippen LogP contribution in [0.25, 0.3) is 10.6 Å². The highest BCUT2D eigenvalue weighted by Crippen LogP contribution is 2.23. The van der Waals surface area contributed by atoms with Crippen molar-refractivity contribution in [2.24, 2.45) is 5.84 Å². The van der Waals surface area contributed by atoms with E-state index in [4.69, 9.17) is 10.8 Å². The molecule has 2 aromatic rings. The fourth-order valence-corrected chi connectivity index (χ4v) is 3.06. The van der Waals surface area contributed by atoms with E-state index in [1.165, 1.54) is 5.56 Å². The van der Waals surface area contributed by atoms with Crippen molar-refractivity contribution in [2.75, 3.05) is 26.2 Å². The SMILES string of the molecule is NN1CCN(Cc2csc(-c3ccccc3)n2)CC1. The van der Waals surface area contributed by atoms with Crippen LogP contribution in [0.2, 0.25) is 0 Å². The molecule has 0 radical (unpaired) electrons. The second kappa shape index (κ2) is 5.79. The van der Waals surface area contributed by atoms with Gasteiger partial charge in [-0.05, 0) is 0 Å². The molecule has 0 saturated carbocycles. The third-order valence-electron chi connectivity index (χ3n) is 3.36. The van der Waals surface area contributed by atoms with Gasteiger partial charge in [-0.1, -0.05) is 30.3 Å². The molecule has 19 heavy (non-hydrogen) atoms. The molecule has 0 atom stereocenters. The number of hydrogen-bond donors (Lipinski definition) is 1. The molecule has 1 aliphatic heterocycles. The van der Waals surface area contributed by atoms with E-state index in [0.29, 0.717) is 0 Å². The van der Waals surface area contributed by atoms with Crippen molar-refractivity contribution < 1.29 is 0 Å². The number of aromatic nitrogens is 1.